The first kappa shape index (κ1) is 17.2. The van der Waals surface area contributed by atoms with Crippen molar-refractivity contribution < 1.29 is 13.2 Å². The Morgan fingerprint density at radius 1 is 1.12 bits per heavy atom. The number of aromatic nitrogens is 1. The molecule has 0 saturated heterocycles. The van der Waals surface area contributed by atoms with E-state index < -0.39 is 9.84 Å². The third kappa shape index (κ3) is 3.54. The molecule has 0 unspecified atom stereocenters. The molecule has 1 aromatic heterocycles. The molecule has 0 spiro atoms. The number of halogens is 2. The van der Waals surface area contributed by atoms with E-state index in [2.05, 4.69) is 10.3 Å². The largest absolute Gasteiger partial charge is 0.298 e. The van der Waals surface area contributed by atoms with Gasteiger partial charge < -0.3 is 0 Å². The van der Waals surface area contributed by atoms with Gasteiger partial charge in [0.05, 0.1) is 25.2 Å². The van der Waals surface area contributed by atoms with E-state index in [9.17, 15) is 13.2 Å². The zero-order chi connectivity index (χ0) is 17.5. The minimum Gasteiger partial charge on any atom is -0.298 e. The fraction of sp³-hybridized carbons (Fsp3) is 0.0667. The molecule has 0 radical (unpaired) electrons. The Morgan fingerprint density at radius 2 is 1.88 bits per heavy atom. The van der Waals surface area contributed by atoms with E-state index in [0.29, 0.717) is 25.9 Å². The highest BCUT2D eigenvalue weighted by Crippen LogP contribution is 2.29. The zero-order valence-corrected chi connectivity index (χ0v) is 15.4. The second-order valence-electron chi connectivity index (χ2n) is 5.00. The smallest absolute Gasteiger partial charge is 0.257 e. The van der Waals surface area contributed by atoms with E-state index in [4.69, 9.17) is 23.2 Å². The number of hydrogen-bond donors (Lipinski definition) is 1. The summed E-state index contributed by atoms with van der Waals surface area (Å²) in [5.41, 5.74) is 0.956. The third-order valence-electron chi connectivity index (χ3n) is 3.19. The van der Waals surface area contributed by atoms with Crippen LogP contribution in [0.4, 0.5) is 5.13 Å². The van der Waals surface area contributed by atoms with Gasteiger partial charge in [0.2, 0.25) is 0 Å². The van der Waals surface area contributed by atoms with Crippen LogP contribution in [0.25, 0.3) is 10.2 Å². The van der Waals surface area contributed by atoms with Gasteiger partial charge in [-0.1, -0.05) is 34.5 Å². The van der Waals surface area contributed by atoms with Gasteiger partial charge in [0.1, 0.15) is 0 Å². The zero-order valence-electron chi connectivity index (χ0n) is 12.2. The molecule has 1 heterocycles. The average molecular weight is 401 g/mol. The van der Waals surface area contributed by atoms with Crippen molar-refractivity contribution in [3.8, 4) is 0 Å². The van der Waals surface area contributed by atoms with Crippen molar-refractivity contribution in [2.24, 2.45) is 0 Å². The maximum absolute atomic E-state index is 12.2. The lowest BCUT2D eigenvalue weighted by Gasteiger charge is -2.02. The Balaban J connectivity index is 1.89. The van der Waals surface area contributed by atoms with Crippen molar-refractivity contribution in [1.29, 1.82) is 0 Å². The molecular weight excluding hydrogens is 391 g/mol. The topological polar surface area (TPSA) is 76.1 Å². The summed E-state index contributed by atoms with van der Waals surface area (Å²) >= 11 is 12.9. The maximum atomic E-state index is 12.2. The van der Waals surface area contributed by atoms with Crippen LogP contribution in [-0.4, -0.2) is 25.6 Å². The van der Waals surface area contributed by atoms with Crippen molar-refractivity contribution in [3.05, 3.63) is 52.0 Å². The number of nitrogens with zero attached hydrogens (tertiary/aromatic N) is 1. The second-order valence-corrected chi connectivity index (χ2v) is 8.86. The Morgan fingerprint density at radius 3 is 2.54 bits per heavy atom. The molecule has 0 aliphatic carbocycles. The predicted octanol–water partition coefficient (Wildman–Crippen LogP) is 4.26. The average Bonchev–Trinajstić information content (AvgIpc) is 2.90. The van der Waals surface area contributed by atoms with E-state index in [1.165, 1.54) is 35.6 Å². The lowest BCUT2D eigenvalue weighted by molar-refractivity contribution is 0.102. The number of benzene rings is 2. The molecule has 0 atom stereocenters. The standard InChI is InChI=1S/C15H10Cl2N2O3S2/c1-24(21,22)9-3-5-12-13(7-9)23-15(18-12)19-14(20)8-2-4-10(16)11(17)6-8/h2-7H,1H3,(H,18,19,20). The van der Waals surface area contributed by atoms with Crippen LogP contribution in [0.15, 0.2) is 41.3 Å². The number of fused-ring (bicyclic) bond motifs is 1. The van der Waals surface area contributed by atoms with E-state index in [1.807, 2.05) is 0 Å². The molecule has 0 bridgehead atoms. The minimum absolute atomic E-state index is 0.209. The number of thiazole rings is 1. The summed E-state index contributed by atoms with van der Waals surface area (Å²) in [6.07, 6.45) is 1.14. The first-order valence-electron chi connectivity index (χ1n) is 6.61. The van der Waals surface area contributed by atoms with Crippen molar-refractivity contribution in [2.45, 2.75) is 4.90 Å². The lowest BCUT2D eigenvalue weighted by atomic mass is 10.2. The molecule has 1 amide bonds. The van der Waals surface area contributed by atoms with Crippen molar-refractivity contribution >= 4 is 65.6 Å². The molecule has 0 aliphatic rings. The highest BCUT2D eigenvalue weighted by Gasteiger charge is 2.13. The number of nitrogens with one attached hydrogen (secondary N) is 1. The molecule has 24 heavy (non-hydrogen) atoms. The van der Waals surface area contributed by atoms with Crippen LogP contribution in [0.2, 0.25) is 10.0 Å². The van der Waals surface area contributed by atoms with Crippen LogP contribution in [0.1, 0.15) is 10.4 Å². The maximum Gasteiger partial charge on any atom is 0.257 e. The van der Waals surface area contributed by atoms with Crippen molar-refractivity contribution in [1.82, 2.24) is 4.98 Å². The Labute approximate surface area is 152 Å². The Hall–Kier alpha value is -1.67. The SMILES string of the molecule is CS(=O)(=O)c1ccc2nc(NC(=O)c3ccc(Cl)c(Cl)c3)sc2c1. The molecule has 0 aliphatic heterocycles. The molecule has 2 aromatic carbocycles. The third-order valence-corrected chi connectivity index (χ3v) is 5.97. The van der Waals surface area contributed by atoms with E-state index in [-0.39, 0.29) is 15.8 Å². The molecule has 0 fully saturated rings. The van der Waals surface area contributed by atoms with Gasteiger partial charge in [-0.15, -0.1) is 0 Å². The van der Waals surface area contributed by atoms with Crippen LogP contribution in [-0.2, 0) is 9.84 Å². The van der Waals surface area contributed by atoms with Gasteiger partial charge in [0, 0.05) is 11.8 Å². The summed E-state index contributed by atoms with van der Waals surface area (Å²) in [6.45, 7) is 0. The second kappa shape index (κ2) is 6.33. The highest BCUT2D eigenvalue weighted by atomic mass is 35.5. The van der Waals surface area contributed by atoms with Gasteiger partial charge in [-0.3, -0.25) is 10.1 Å². The number of anilines is 1. The number of sulfone groups is 1. The first-order chi connectivity index (χ1) is 11.2. The predicted molar refractivity (Wildman–Crippen MR) is 97.1 cm³/mol. The van der Waals surface area contributed by atoms with Gasteiger partial charge in [-0.2, -0.15) is 0 Å². The molecule has 0 saturated carbocycles. The number of hydrogen-bond acceptors (Lipinski definition) is 5. The minimum atomic E-state index is -3.30. The number of amides is 1. The molecule has 1 N–H and O–H groups in total. The summed E-state index contributed by atoms with van der Waals surface area (Å²) in [5, 5.41) is 3.68. The van der Waals surface area contributed by atoms with E-state index in [1.54, 1.807) is 12.1 Å². The van der Waals surface area contributed by atoms with Gasteiger partial charge in [-0.05, 0) is 36.4 Å². The van der Waals surface area contributed by atoms with Crippen LogP contribution >= 0.6 is 34.5 Å². The number of rotatable bonds is 3. The number of carbonyl (C=O) groups is 1. The highest BCUT2D eigenvalue weighted by molar-refractivity contribution is 7.90. The first-order valence-corrected chi connectivity index (χ1v) is 10.1. The molecule has 3 aromatic rings. The molecule has 124 valence electrons. The van der Waals surface area contributed by atoms with Crippen molar-refractivity contribution in [3.63, 3.8) is 0 Å². The van der Waals surface area contributed by atoms with Crippen molar-refractivity contribution in [2.75, 3.05) is 11.6 Å². The van der Waals surface area contributed by atoms with Gasteiger partial charge in [-0.25, -0.2) is 13.4 Å². The Bertz CT molecular complexity index is 1060. The quantitative estimate of drug-likeness (QED) is 0.712. The summed E-state index contributed by atoms with van der Waals surface area (Å²) in [4.78, 5) is 16.7. The number of carbonyl (C=O) groups excluding carboxylic acids is 1. The summed E-state index contributed by atoms with van der Waals surface area (Å²) < 4.78 is 23.9. The molecular formula is C15H10Cl2N2O3S2. The van der Waals surface area contributed by atoms with Crippen LogP contribution in [0.5, 0.6) is 0 Å². The normalized spacial score (nSPS) is 11.6. The summed E-state index contributed by atoms with van der Waals surface area (Å²) in [5.74, 6) is -0.379. The molecule has 3 rings (SSSR count). The Kier molecular flexibility index (Phi) is 4.52. The van der Waals surface area contributed by atoms with Gasteiger partial charge >= 0.3 is 0 Å². The van der Waals surface area contributed by atoms with E-state index >= 15 is 0 Å². The summed E-state index contributed by atoms with van der Waals surface area (Å²) in [6, 6.07) is 9.19. The molecule has 9 heteroatoms. The van der Waals surface area contributed by atoms with Crippen LogP contribution in [0, 0.1) is 0 Å². The van der Waals surface area contributed by atoms with Crippen LogP contribution < -0.4 is 5.32 Å². The fourth-order valence-electron chi connectivity index (χ4n) is 2.00. The monoisotopic (exact) mass is 400 g/mol. The van der Waals surface area contributed by atoms with Gasteiger partial charge in [0.15, 0.2) is 15.0 Å². The van der Waals surface area contributed by atoms with Crippen LogP contribution in [0.3, 0.4) is 0 Å². The molecule has 5 nitrogen and oxygen atoms in total. The van der Waals surface area contributed by atoms with E-state index in [0.717, 1.165) is 6.26 Å². The lowest BCUT2D eigenvalue weighted by Crippen LogP contribution is -2.11. The van der Waals surface area contributed by atoms with Gasteiger partial charge in [0.25, 0.3) is 5.91 Å². The fourth-order valence-corrected chi connectivity index (χ4v) is 3.92. The summed E-state index contributed by atoms with van der Waals surface area (Å²) in [7, 11) is -3.30.